The Labute approximate surface area is 197 Å². The molecule has 2 rings (SSSR count). The van der Waals surface area contributed by atoms with E-state index in [1.807, 2.05) is 30.3 Å². The minimum Gasteiger partial charge on any atom is -0.478 e. The highest BCUT2D eigenvalue weighted by Gasteiger charge is 2.19. The molecule has 1 saturated heterocycles. The summed E-state index contributed by atoms with van der Waals surface area (Å²) in [7, 11) is 0. The SMILES string of the molecule is CC(OC(=O)C=CC(=O)OC(CCN1CCOCC1)COC(=O)C=CC(=O)O)c1ccccc1. The molecule has 2 unspecified atom stereocenters. The van der Waals surface area contributed by atoms with Crippen LogP contribution in [0.2, 0.25) is 0 Å². The number of rotatable bonds is 12. The zero-order valence-electron chi connectivity index (χ0n) is 19.0. The lowest BCUT2D eigenvalue weighted by atomic mass is 10.1. The Bertz CT molecular complexity index is 876. The molecule has 0 radical (unpaired) electrons. The molecule has 0 spiro atoms. The summed E-state index contributed by atoms with van der Waals surface area (Å²) < 4.78 is 20.9. The summed E-state index contributed by atoms with van der Waals surface area (Å²) in [6.07, 6.45) is 2.44. The Morgan fingerprint density at radius 2 is 1.59 bits per heavy atom. The highest BCUT2D eigenvalue weighted by molar-refractivity contribution is 5.92. The summed E-state index contributed by atoms with van der Waals surface area (Å²) in [4.78, 5) is 48.6. The molecule has 0 bridgehead atoms. The van der Waals surface area contributed by atoms with Crippen molar-refractivity contribution < 1.29 is 43.2 Å². The third-order valence-corrected chi connectivity index (χ3v) is 4.84. The highest BCUT2D eigenvalue weighted by atomic mass is 16.6. The van der Waals surface area contributed by atoms with Gasteiger partial charge in [0.25, 0.3) is 0 Å². The molecule has 34 heavy (non-hydrogen) atoms. The van der Waals surface area contributed by atoms with Crippen molar-refractivity contribution in [2.24, 2.45) is 0 Å². The van der Waals surface area contributed by atoms with Crippen molar-refractivity contribution in [3.05, 3.63) is 60.2 Å². The molecule has 10 nitrogen and oxygen atoms in total. The van der Waals surface area contributed by atoms with Crippen LogP contribution >= 0.6 is 0 Å². The molecule has 2 atom stereocenters. The standard InChI is InChI=1S/C24H29NO9/c1-18(19-5-3-2-4-6-19)33-23(29)9-10-24(30)34-20(11-12-25-13-15-31-16-14-25)17-32-22(28)8-7-21(26)27/h2-10,18,20H,11-17H2,1H3,(H,26,27). The van der Waals surface area contributed by atoms with Gasteiger partial charge in [-0.2, -0.15) is 0 Å². The van der Waals surface area contributed by atoms with Crippen LogP contribution < -0.4 is 0 Å². The topological polar surface area (TPSA) is 129 Å². The summed E-state index contributed by atoms with van der Waals surface area (Å²) in [5, 5.41) is 8.59. The van der Waals surface area contributed by atoms with Crippen LogP contribution in [0.15, 0.2) is 54.6 Å². The van der Waals surface area contributed by atoms with Crippen molar-refractivity contribution in [3.8, 4) is 0 Å². The molecule has 10 heteroatoms. The van der Waals surface area contributed by atoms with Crippen LogP contribution in [0.1, 0.15) is 25.0 Å². The van der Waals surface area contributed by atoms with Gasteiger partial charge in [0, 0.05) is 50.4 Å². The molecule has 1 N–H and O–H groups in total. The van der Waals surface area contributed by atoms with Gasteiger partial charge in [0.05, 0.1) is 13.2 Å². The lowest BCUT2D eigenvalue weighted by Crippen LogP contribution is -2.39. The van der Waals surface area contributed by atoms with Crippen LogP contribution in [0.4, 0.5) is 0 Å². The van der Waals surface area contributed by atoms with E-state index in [0.717, 1.165) is 36.9 Å². The second-order valence-corrected chi connectivity index (χ2v) is 7.43. The van der Waals surface area contributed by atoms with Gasteiger partial charge in [0.2, 0.25) is 0 Å². The summed E-state index contributed by atoms with van der Waals surface area (Å²) in [5.41, 5.74) is 0.814. The van der Waals surface area contributed by atoms with Gasteiger partial charge in [-0.25, -0.2) is 19.2 Å². The number of hydrogen-bond donors (Lipinski definition) is 1. The molecular weight excluding hydrogens is 446 g/mol. The number of aliphatic carboxylic acids is 1. The molecule has 1 aliphatic rings. The molecule has 184 valence electrons. The van der Waals surface area contributed by atoms with Crippen LogP contribution in [-0.4, -0.2) is 79.4 Å². The van der Waals surface area contributed by atoms with Crippen LogP contribution in [-0.2, 0) is 38.1 Å². The first-order valence-electron chi connectivity index (χ1n) is 10.9. The number of carbonyl (C=O) groups excluding carboxylic acids is 3. The summed E-state index contributed by atoms with van der Waals surface area (Å²) in [5.74, 6) is -3.66. The Morgan fingerprint density at radius 3 is 2.24 bits per heavy atom. The average molecular weight is 475 g/mol. The van der Waals surface area contributed by atoms with Crippen molar-refractivity contribution in [3.63, 3.8) is 0 Å². The number of carboxylic acids is 1. The molecule has 0 amide bonds. The first kappa shape index (κ1) is 26.7. The van der Waals surface area contributed by atoms with Gasteiger partial charge in [0.15, 0.2) is 0 Å². The molecule has 1 aromatic rings. The molecule has 0 saturated carbocycles. The van der Waals surface area contributed by atoms with Gasteiger partial charge < -0.3 is 24.1 Å². The van der Waals surface area contributed by atoms with Crippen molar-refractivity contribution >= 4 is 23.9 Å². The van der Waals surface area contributed by atoms with Gasteiger partial charge in [-0.3, -0.25) is 4.90 Å². The monoisotopic (exact) mass is 475 g/mol. The maximum absolute atomic E-state index is 12.2. The zero-order chi connectivity index (χ0) is 24.8. The van der Waals surface area contributed by atoms with E-state index in [1.165, 1.54) is 0 Å². The van der Waals surface area contributed by atoms with Gasteiger partial charge >= 0.3 is 23.9 Å². The average Bonchev–Trinajstić information content (AvgIpc) is 2.84. The van der Waals surface area contributed by atoms with Crippen molar-refractivity contribution in [2.45, 2.75) is 25.6 Å². The quantitative estimate of drug-likeness (QED) is 0.271. The van der Waals surface area contributed by atoms with Crippen LogP contribution in [0.3, 0.4) is 0 Å². The summed E-state index contributed by atoms with van der Waals surface area (Å²) in [6, 6.07) is 9.15. The maximum Gasteiger partial charge on any atom is 0.331 e. The van der Waals surface area contributed by atoms with E-state index in [1.54, 1.807) is 6.92 Å². The number of esters is 3. The Hall–Kier alpha value is -3.50. The number of carboxylic acid groups (broad SMARTS) is 1. The molecule has 0 aromatic heterocycles. The van der Waals surface area contributed by atoms with Gasteiger partial charge in [0.1, 0.15) is 18.8 Å². The lowest BCUT2D eigenvalue weighted by Gasteiger charge is -2.28. The number of morpholine rings is 1. The molecule has 1 heterocycles. The van der Waals surface area contributed by atoms with Crippen molar-refractivity contribution in [2.75, 3.05) is 39.5 Å². The van der Waals surface area contributed by atoms with E-state index in [0.29, 0.717) is 32.3 Å². The van der Waals surface area contributed by atoms with Crippen molar-refractivity contribution in [1.82, 2.24) is 4.90 Å². The second-order valence-electron chi connectivity index (χ2n) is 7.43. The normalized spacial score (nSPS) is 16.1. The van der Waals surface area contributed by atoms with Gasteiger partial charge in [-0.1, -0.05) is 30.3 Å². The molecule has 1 fully saturated rings. The Morgan fingerprint density at radius 1 is 0.971 bits per heavy atom. The number of ether oxygens (including phenoxy) is 4. The first-order valence-corrected chi connectivity index (χ1v) is 10.9. The number of benzene rings is 1. The lowest BCUT2D eigenvalue weighted by molar-refractivity contribution is -0.153. The Kier molecular flexibility index (Phi) is 11.5. The van der Waals surface area contributed by atoms with Gasteiger partial charge in [-0.05, 0) is 12.5 Å². The van der Waals surface area contributed by atoms with E-state index in [4.69, 9.17) is 24.1 Å². The van der Waals surface area contributed by atoms with Crippen molar-refractivity contribution in [1.29, 1.82) is 0 Å². The third kappa shape index (κ3) is 10.9. The molecular formula is C24H29NO9. The van der Waals surface area contributed by atoms with E-state index in [-0.39, 0.29) is 6.61 Å². The minimum atomic E-state index is -1.29. The third-order valence-electron chi connectivity index (χ3n) is 4.84. The fourth-order valence-electron chi connectivity index (χ4n) is 3.04. The Balaban J connectivity index is 1.87. The minimum absolute atomic E-state index is 0.262. The summed E-state index contributed by atoms with van der Waals surface area (Å²) >= 11 is 0. The summed E-state index contributed by atoms with van der Waals surface area (Å²) in [6.45, 7) is 4.69. The fraction of sp³-hybridized carbons (Fsp3) is 0.417. The molecule has 0 aliphatic carbocycles. The maximum atomic E-state index is 12.2. The largest absolute Gasteiger partial charge is 0.478 e. The smallest absolute Gasteiger partial charge is 0.331 e. The fourth-order valence-corrected chi connectivity index (χ4v) is 3.04. The van der Waals surface area contributed by atoms with E-state index >= 15 is 0 Å². The second kappa shape index (κ2) is 14.6. The number of carbonyl (C=O) groups is 4. The first-order chi connectivity index (χ1) is 16.3. The van der Waals surface area contributed by atoms with Gasteiger partial charge in [-0.15, -0.1) is 0 Å². The predicted octanol–water partition coefficient (Wildman–Crippen LogP) is 1.67. The van der Waals surface area contributed by atoms with Crippen LogP contribution in [0, 0.1) is 0 Å². The van der Waals surface area contributed by atoms with E-state index in [9.17, 15) is 19.2 Å². The number of hydrogen-bond acceptors (Lipinski definition) is 9. The highest BCUT2D eigenvalue weighted by Crippen LogP contribution is 2.16. The zero-order valence-corrected chi connectivity index (χ0v) is 19.0. The van der Waals surface area contributed by atoms with E-state index < -0.39 is 36.1 Å². The van der Waals surface area contributed by atoms with E-state index in [2.05, 4.69) is 4.90 Å². The van der Waals surface area contributed by atoms with Crippen LogP contribution in [0.25, 0.3) is 0 Å². The molecule has 1 aliphatic heterocycles. The molecule has 1 aromatic carbocycles. The van der Waals surface area contributed by atoms with Crippen LogP contribution in [0.5, 0.6) is 0 Å². The number of nitrogens with zero attached hydrogens (tertiary/aromatic N) is 1. The predicted molar refractivity (Wildman–Crippen MR) is 120 cm³/mol.